The van der Waals surface area contributed by atoms with E-state index in [9.17, 15) is 0 Å². The molecule has 4 heteroatoms. The molecule has 21 heavy (non-hydrogen) atoms. The number of halogens is 2. The van der Waals surface area contributed by atoms with Crippen LogP contribution in [0.2, 0.25) is 5.02 Å². The maximum atomic E-state index is 6.47. The average Bonchev–Trinajstić information content (AvgIpc) is 2.75. The van der Waals surface area contributed by atoms with Crippen LogP contribution in [0, 0.1) is 12.8 Å². The Kier molecular flexibility index (Phi) is 5.88. The summed E-state index contributed by atoms with van der Waals surface area (Å²) in [4.78, 5) is 0. The van der Waals surface area contributed by atoms with Gasteiger partial charge in [0.1, 0.15) is 0 Å². The Hall–Kier alpha value is -0.800. The lowest BCUT2D eigenvalue weighted by atomic mass is 9.94. The summed E-state index contributed by atoms with van der Waals surface area (Å²) in [5.74, 6) is 0.517. The highest BCUT2D eigenvalue weighted by Gasteiger charge is 2.18. The highest BCUT2D eigenvalue weighted by atomic mass is 79.9. The Morgan fingerprint density at radius 3 is 2.57 bits per heavy atom. The summed E-state index contributed by atoms with van der Waals surface area (Å²) in [5.41, 5.74) is 4.91. The van der Waals surface area contributed by atoms with E-state index in [2.05, 4.69) is 59.1 Å². The monoisotopic (exact) mass is 368 g/mol. The van der Waals surface area contributed by atoms with Crippen LogP contribution in [0.5, 0.6) is 0 Å². The summed E-state index contributed by atoms with van der Waals surface area (Å²) in [6.45, 7) is 4.26. The molecule has 0 N–H and O–H groups in total. The average molecular weight is 370 g/mol. The fourth-order valence-electron chi connectivity index (χ4n) is 2.65. The Labute approximate surface area is 140 Å². The Morgan fingerprint density at radius 1 is 1.29 bits per heavy atom. The third-order valence-corrected chi connectivity index (χ3v) is 5.33. The largest absolute Gasteiger partial charge is 0.271 e. The number of benzene rings is 1. The molecule has 1 aromatic carbocycles. The number of rotatable bonds is 6. The van der Waals surface area contributed by atoms with Crippen molar-refractivity contribution in [3.63, 3.8) is 0 Å². The van der Waals surface area contributed by atoms with E-state index in [1.54, 1.807) is 0 Å². The van der Waals surface area contributed by atoms with Crippen LogP contribution in [0.3, 0.4) is 0 Å². The molecule has 0 amide bonds. The first-order chi connectivity index (χ1) is 10.1. The first-order valence-corrected chi connectivity index (χ1v) is 8.87. The second-order valence-electron chi connectivity index (χ2n) is 5.54. The lowest BCUT2D eigenvalue weighted by molar-refractivity contribution is 0.555. The standard InChI is InChI=1S/C17H22BrClN2/c1-4-15-17(19)16(21(3)20-15)10-13(11-18)9-14-8-6-5-7-12(14)2/h5-8,13H,4,9-11H2,1-3H3. The molecular formula is C17H22BrClN2. The second-order valence-corrected chi connectivity index (χ2v) is 6.57. The van der Waals surface area contributed by atoms with Crippen molar-refractivity contribution in [1.29, 1.82) is 0 Å². The number of alkyl halides is 1. The first kappa shape index (κ1) is 16.6. The molecule has 0 aliphatic heterocycles. The molecule has 0 saturated carbocycles. The molecule has 1 heterocycles. The zero-order valence-corrected chi connectivity index (χ0v) is 15.2. The van der Waals surface area contributed by atoms with Gasteiger partial charge in [-0.1, -0.05) is 58.7 Å². The molecule has 0 radical (unpaired) electrons. The van der Waals surface area contributed by atoms with Crippen LogP contribution in [0.1, 0.15) is 29.4 Å². The Balaban J connectivity index is 2.16. The minimum atomic E-state index is 0.517. The van der Waals surface area contributed by atoms with Crippen LogP contribution in [0.15, 0.2) is 24.3 Å². The highest BCUT2D eigenvalue weighted by Crippen LogP contribution is 2.26. The summed E-state index contributed by atoms with van der Waals surface area (Å²) in [5, 5.41) is 6.32. The SMILES string of the molecule is CCc1nn(C)c(CC(CBr)Cc2ccccc2C)c1Cl. The molecule has 2 rings (SSSR count). The van der Waals surface area contributed by atoms with Crippen LogP contribution >= 0.6 is 27.5 Å². The van der Waals surface area contributed by atoms with Gasteiger partial charge in [0.25, 0.3) is 0 Å². The molecule has 0 aliphatic carbocycles. The predicted molar refractivity (Wildman–Crippen MR) is 93.5 cm³/mol. The van der Waals surface area contributed by atoms with Gasteiger partial charge in [0.05, 0.1) is 16.4 Å². The fourth-order valence-corrected chi connectivity index (χ4v) is 3.48. The van der Waals surface area contributed by atoms with Crippen LogP contribution in [0.25, 0.3) is 0 Å². The highest BCUT2D eigenvalue weighted by molar-refractivity contribution is 9.09. The molecule has 0 fully saturated rings. The van der Waals surface area contributed by atoms with E-state index in [1.165, 1.54) is 11.1 Å². The van der Waals surface area contributed by atoms with Crippen molar-refractivity contribution < 1.29 is 0 Å². The van der Waals surface area contributed by atoms with Gasteiger partial charge in [0, 0.05) is 12.4 Å². The van der Waals surface area contributed by atoms with Crippen molar-refractivity contribution in [3.05, 3.63) is 51.8 Å². The molecule has 0 spiro atoms. The smallest absolute Gasteiger partial charge is 0.0849 e. The van der Waals surface area contributed by atoms with E-state index < -0.39 is 0 Å². The molecule has 1 atom stereocenters. The van der Waals surface area contributed by atoms with E-state index in [0.29, 0.717) is 5.92 Å². The minimum Gasteiger partial charge on any atom is -0.271 e. The molecular weight excluding hydrogens is 348 g/mol. The topological polar surface area (TPSA) is 17.8 Å². The summed E-state index contributed by atoms with van der Waals surface area (Å²) in [6, 6.07) is 8.59. The fraction of sp³-hybridized carbons (Fsp3) is 0.471. The van der Waals surface area contributed by atoms with Gasteiger partial charge < -0.3 is 0 Å². The van der Waals surface area contributed by atoms with Crippen LogP contribution in [0.4, 0.5) is 0 Å². The molecule has 1 aromatic heterocycles. The van der Waals surface area contributed by atoms with Crippen LogP contribution in [-0.4, -0.2) is 15.1 Å². The van der Waals surface area contributed by atoms with Crippen molar-refractivity contribution in [2.24, 2.45) is 13.0 Å². The van der Waals surface area contributed by atoms with Gasteiger partial charge in [0.2, 0.25) is 0 Å². The molecule has 0 aliphatic rings. The van der Waals surface area contributed by atoms with Crippen LogP contribution in [-0.2, 0) is 26.3 Å². The van der Waals surface area contributed by atoms with E-state index in [4.69, 9.17) is 11.6 Å². The molecule has 114 valence electrons. The Morgan fingerprint density at radius 2 is 2.00 bits per heavy atom. The lowest BCUT2D eigenvalue weighted by Crippen LogP contribution is -2.13. The number of hydrogen-bond donors (Lipinski definition) is 0. The third kappa shape index (κ3) is 3.89. The van der Waals surface area contributed by atoms with E-state index in [1.807, 2.05) is 11.7 Å². The number of hydrogen-bond acceptors (Lipinski definition) is 1. The quantitative estimate of drug-likeness (QED) is 0.672. The maximum absolute atomic E-state index is 6.47. The van der Waals surface area contributed by atoms with Gasteiger partial charge in [-0.25, -0.2) is 0 Å². The molecule has 2 nitrogen and oxygen atoms in total. The molecule has 0 saturated heterocycles. The molecule has 2 aromatic rings. The summed E-state index contributed by atoms with van der Waals surface area (Å²) in [6.07, 6.45) is 2.88. The van der Waals surface area contributed by atoms with Gasteiger partial charge in [-0.3, -0.25) is 4.68 Å². The second kappa shape index (κ2) is 7.46. The summed E-state index contributed by atoms with van der Waals surface area (Å²) < 4.78 is 1.94. The van der Waals surface area contributed by atoms with E-state index in [0.717, 1.165) is 41.0 Å². The Bertz CT molecular complexity index is 607. The normalized spacial score (nSPS) is 12.6. The van der Waals surface area contributed by atoms with Gasteiger partial charge in [0.15, 0.2) is 0 Å². The third-order valence-electron chi connectivity index (χ3n) is 3.97. The summed E-state index contributed by atoms with van der Waals surface area (Å²) >= 11 is 10.1. The van der Waals surface area contributed by atoms with E-state index in [-0.39, 0.29) is 0 Å². The minimum absolute atomic E-state index is 0.517. The van der Waals surface area contributed by atoms with Crippen molar-refractivity contribution in [1.82, 2.24) is 9.78 Å². The van der Waals surface area contributed by atoms with Crippen LogP contribution < -0.4 is 0 Å². The number of nitrogens with zero attached hydrogens (tertiary/aromatic N) is 2. The first-order valence-electron chi connectivity index (χ1n) is 7.37. The molecule has 1 unspecified atom stereocenters. The number of aromatic nitrogens is 2. The maximum Gasteiger partial charge on any atom is 0.0849 e. The van der Waals surface area contributed by atoms with Gasteiger partial charge in [-0.15, -0.1) is 0 Å². The lowest BCUT2D eigenvalue weighted by Gasteiger charge is -2.16. The van der Waals surface area contributed by atoms with Crippen molar-refractivity contribution in [2.45, 2.75) is 33.1 Å². The zero-order chi connectivity index (χ0) is 15.4. The summed E-state index contributed by atoms with van der Waals surface area (Å²) in [7, 11) is 1.99. The molecule has 0 bridgehead atoms. The van der Waals surface area contributed by atoms with Gasteiger partial charge in [-0.05, 0) is 43.2 Å². The van der Waals surface area contributed by atoms with E-state index >= 15 is 0 Å². The van der Waals surface area contributed by atoms with Crippen molar-refractivity contribution in [3.8, 4) is 0 Å². The van der Waals surface area contributed by atoms with Gasteiger partial charge in [-0.2, -0.15) is 5.10 Å². The van der Waals surface area contributed by atoms with Crippen molar-refractivity contribution in [2.75, 3.05) is 5.33 Å². The number of aryl methyl sites for hydroxylation is 3. The van der Waals surface area contributed by atoms with Gasteiger partial charge >= 0.3 is 0 Å². The van der Waals surface area contributed by atoms with Crippen molar-refractivity contribution >= 4 is 27.5 Å². The predicted octanol–water partition coefficient (Wildman–Crippen LogP) is 4.74. The zero-order valence-electron chi connectivity index (χ0n) is 12.9.